The number of carbonyl (C=O) groups is 1. The SMILES string of the molecule is O=C(Nc1ccc2nc3n(c(=O)c2c1)CCCCC3)c1cc2ccccc2[nH]1. The molecule has 0 spiro atoms. The Morgan fingerprint density at radius 3 is 2.86 bits per heavy atom. The van der Waals surface area contributed by atoms with E-state index >= 15 is 0 Å². The summed E-state index contributed by atoms with van der Waals surface area (Å²) in [5.74, 6) is 0.628. The van der Waals surface area contributed by atoms with Crippen LogP contribution in [0.5, 0.6) is 0 Å². The van der Waals surface area contributed by atoms with Gasteiger partial charge in [-0.1, -0.05) is 24.6 Å². The summed E-state index contributed by atoms with van der Waals surface area (Å²) in [5.41, 5.74) is 2.64. The standard InChI is InChI=1S/C22H20N4O2/c27-21(19-12-14-6-3-4-7-17(14)24-19)23-15-9-10-18-16(13-15)22(28)26-11-5-1-2-8-20(26)25-18/h3-4,6-7,9-10,12-13,24H,1-2,5,8,11H2,(H,23,27). The lowest BCUT2D eigenvalue weighted by Gasteiger charge is -2.11. The first kappa shape index (κ1) is 16.7. The fourth-order valence-corrected chi connectivity index (χ4v) is 3.89. The molecule has 2 aromatic carbocycles. The van der Waals surface area contributed by atoms with Gasteiger partial charge in [0.2, 0.25) is 0 Å². The third-order valence-corrected chi connectivity index (χ3v) is 5.35. The van der Waals surface area contributed by atoms with Crippen LogP contribution in [0.3, 0.4) is 0 Å². The second kappa shape index (κ2) is 6.64. The van der Waals surface area contributed by atoms with Crippen molar-refractivity contribution in [3.05, 3.63) is 70.4 Å². The van der Waals surface area contributed by atoms with Gasteiger partial charge in [0.05, 0.1) is 10.9 Å². The number of amides is 1. The molecule has 2 N–H and O–H groups in total. The van der Waals surface area contributed by atoms with Crippen LogP contribution in [-0.2, 0) is 13.0 Å². The number of para-hydroxylation sites is 1. The number of nitrogens with zero attached hydrogens (tertiary/aromatic N) is 2. The first-order chi connectivity index (χ1) is 13.7. The van der Waals surface area contributed by atoms with Crippen molar-refractivity contribution in [3.8, 4) is 0 Å². The van der Waals surface area contributed by atoms with Gasteiger partial charge in [0.15, 0.2) is 0 Å². The second-order valence-electron chi connectivity index (χ2n) is 7.25. The van der Waals surface area contributed by atoms with Gasteiger partial charge in [0, 0.05) is 29.6 Å². The highest BCUT2D eigenvalue weighted by atomic mass is 16.2. The number of carbonyl (C=O) groups excluding carboxylic acids is 1. The molecule has 0 unspecified atom stereocenters. The Labute approximate surface area is 161 Å². The number of fused-ring (bicyclic) bond motifs is 3. The molecule has 140 valence electrons. The van der Waals surface area contributed by atoms with Crippen molar-refractivity contribution in [2.75, 3.05) is 5.32 Å². The number of aryl methyl sites for hydroxylation is 1. The number of anilines is 1. The van der Waals surface area contributed by atoms with Crippen molar-refractivity contribution >= 4 is 33.4 Å². The van der Waals surface area contributed by atoms with Crippen LogP contribution in [0, 0.1) is 0 Å². The van der Waals surface area contributed by atoms with Crippen molar-refractivity contribution in [1.82, 2.24) is 14.5 Å². The van der Waals surface area contributed by atoms with Crippen LogP contribution in [0.2, 0.25) is 0 Å². The van der Waals surface area contributed by atoms with Crippen LogP contribution < -0.4 is 10.9 Å². The van der Waals surface area contributed by atoms with Gasteiger partial charge >= 0.3 is 0 Å². The van der Waals surface area contributed by atoms with Crippen molar-refractivity contribution < 1.29 is 4.79 Å². The number of aromatic nitrogens is 3. The van der Waals surface area contributed by atoms with Gasteiger partial charge in [-0.3, -0.25) is 14.2 Å². The van der Waals surface area contributed by atoms with Gasteiger partial charge in [-0.05, 0) is 43.2 Å². The van der Waals surface area contributed by atoms with Crippen LogP contribution in [0.4, 0.5) is 5.69 Å². The van der Waals surface area contributed by atoms with E-state index < -0.39 is 0 Å². The highest BCUT2D eigenvalue weighted by molar-refractivity contribution is 6.06. The molecule has 0 saturated heterocycles. The third kappa shape index (κ3) is 2.87. The summed E-state index contributed by atoms with van der Waals surface area (Å²) in [6, 6.07) is 14.9. The van der Waals surface area contributed by atoms with Crippen molar-refractivity contribution in [2.45, 2.75) is 32.2 Å². The quantitative estimate of drug-likeness (QED) is 0.561. The van der Waals surface area contributed by atoms with Gasteiger partial charge in [0.25, 0.3) is 11.5 Å². The average molecular weight is 372 g/mol. The zero-order chi connectivity index (χ0) is 19.1. The van der Waals surface area contributed by atoms with E-state index in [2.05, 4.69) is 15.3 Å². The summed E-state index contributed by atoms with van der Waals surface area (Å²) in [7, 11) is 0. The van der Waals surface area contributed by atoms with Crippen molar-refractivity contribution in [3.63, 3.8) is 0 Å². The highest BCUT2D eigenvalue weighted by Gasteiger charge is 2.15. The van der Waals surface area contributed by atoms with Gasteiger partial charge in [-0.2, -0.15) is 0 Å². The molecular formula is C22H20N4O2. The van der Waals surface area contributed by atoms with E-state index in [-0.39, 0.29) is 11.5 Å². The average Bonchev–Trinajstić information content (AvgIpc) is 3.01. The Balaban J connectivity index is 1.50. The van der Waals surface area contributed by atoms with E-state index in [1.165, 1.54) is 0 Å². The summed E-state index contributed by atoms with van der Waals surface area (Å²) >= 11 is 0. The summed E-state index contributed by atoms with van der Waals surface area (Å²) in [5, 5.41) is 4.41. The van der Waals surface area contributed by atoms with Crippen LogP contribution in [0.25, 0.3) is 21.8 Å². The number of hydrogen-bond donors (Lipinski definition) is 2. The lowest BCUT2D eigenvalue weighted by Crippen LogP contribution is -2.24. The number of benzene rings is 2. The van der Waals surface area contributed by atoms with E-state index in [4.69, 9.17) is 0 Å². The van der Waals surface area contributed by atoms with E-state index in [0.29, 0.717) is 28.8 Å². The van der Waals surface area contributed by atoms with E-state index in [9.17, 15) is 9.59 Å². The molecular weight excluding hydrogens is 352 g/mol. The first-order valence-electron chi connectivity index (χ1n) is 9.62. The zero-order valence-corrected chi connectivity index (χ0v) is 15.4. The monoisotopic (exact) mass is 372 g/mol. The number of nitrogens with one attached hydrogen (secondary N) is 2. The molecule has 1 aliphatic heterocycles. The normalized spacial score (nSPS) is 14.0. The second-order valence-corrected chi connectivity index (χ2v) is 7.25. The number of rotatable bonds is 2. The topological polar surface area (TPSA) is 79.8 Å². The van der Waals surface area contributed by atoms with Gasteiger partial charge in [0.1, 0.15) is 11.5 Å². The molecule has 6 heteroatoms. The Morgan fingerprint density at radius 1 is 1.07 bits per heavy atom. The van der Waals surface area contributed by atoms with Crippen LogP contribution in [0.1, 0.15) is 35.6 Å². The van der Waals surface area contributed by atoms with Crippen LogP contribution in [-0.4, -0.2) is 20.4 Å². The number of H-pyrrole nitrogens is 1. The largest absolute Gasteiger partial charge is 0.351 e. The molecule has 28 heavy (non-hydrogen) atoms. The predicted molar refractivity (Wildman–Crippen MR) is 110 cm³/mol. The molecule has 1 aliphatic rings. The lowest BCUT2D eigenvalue weighted by molar-refractivity contribution is 0.102. The van der Waals surface area contributed by atoms with Crippen molar-refractivity contribution in [1.29, 1.82) is 0 Å². The fraction of sp³-hybridized carbons (Fsp3) is 0.227. The van der Waals surface area contributed by atoms with Gasteiger partial charge < -0.3 is 10.3 Å². The van der Waals surface area contributed by atoms with Gasteiger partial charge in [-0.15, -0.1) is 0 Å². The molecule has 0 atom stereocenters. The zero-order valence-electron chi connectivity index (χ0n) is 15.4. The molecule has 0 fully saturated rings. The molecule has 0 bridgehead atoms. The number of aromatic amines is 1. The molecule has 6 nitrogen and oxygen atoms in total. The minimum Gasteiger partial charge on any atom is -0.351 e. The number of hydrogen-bond acceptors (Lipinski definition) is 3. The summed E-state index contributed by atoms with van der Waals surface area (Å²) < 4.78 is 1.79. The van der Waals surface area contributed by atoms with E-state index in [1.807, 2.05) is 36.4 Å². The molecule has 4 aromatic rings. The summed E-state index contributed by atoms with van der Waals surface area (Å²) in [6.07, 6.45) is 4.02. The van der Waals surface area contributed by atoms with Crippen LogP contribution in [0.15, 0.2) is 53.3 Å². The Hall–Kier alpha value is -3.41. The highest BCUT2D eigenvalue weighted by Crippen LogP contribution is 2.20. The smallest absolute Gasteiger partial charge is 0.272 e. The van der Waals surface area contributed by atoms with Gasteiger partial charge in [-0.25, -0.2) is 4.98 Å². The summed E-state index contributed by atoms with van der Waals surface area (Å²) in [4.78, 5) is 33.4. The molecule has 1 amide bonds. The maximum Gasteiger partial charge on any atom is 0.272 e. The molecule has 2 aromatic heterocycles. The summed E-state index contributed by atoms with van der Waals surface area (Å²) in [6.45, 7) is 0.711. The maximum atomic E-state index is 13.0. The Morgan fingerprint density at radius 2 is 1.96 bits per heavy atom. The Bertz CT molecular complexity index is 1240. The Kier molecular flexibility index (Phi) is 3.97. The maximum absolute atomic E-state index is 13.0. The minimum absolute atomic E-state index is 0.0244. The molecule has 0 radical (unpaired) electrons. The van der Waals surface area contributed by atoms with E-state index in [0.717, 1.165) is 42.4 Å². The first-order valence-corrected chi connectivity index (χ1v) is 9.62. The van der Waals surface area contributed by atoms with Crippen LogP contribution >= 0.6 is 0 Å². The molecule has 5 rings (SSSR count). The molecule has 3 heterocycles. The fourth-order valence-electron chi connectivity index (χ4n) is 3.89. The third-order valence-electron chi connectivity index (χ3n) is 5.35. The lowest BCUT2D eigenvalue weighted by atomic mass is 10.2. The molecule has 0 aliphatic carbocycles. The molecule has 0 saturated carbocycles. The van der Waals surface area contributed by atoms with Crippen molar-refractivity contribution in [2.24, 2.45) is 0 Å². The van der Waals surface area contributed by atoms with E-state index in [1.54, 1.807) is 16.7 Å². The predicted octanol–water partition coefficient (Wildman–Crippen LogP) is 3.86. The minimum atomic E-state index is -0.238.